The smallest absolute Gasteiger partial charge is 0.0719 e. The van der Waals surface area contributed by atoms with Gasteiger partial charge in [-0.05, 0) is 41.7 Å². The van der Waals surface area contributed by atoms with Gasteiger partial charge < -0.3 is 15.2 Å². The van der Waals surface area contributed by atoms with E-state index >= 15 is 0 Å². The highest BCUT2D eigenvalue weighted by atomic mass is 79.9. The molecule has 0 spiro atoms. The van der Waals surface area contributed by atoms with Crippen molar-refractivity contribution in [2.24, 2.45) is 5.92 Å². The van der Waals surface area contributed by atoms with Crippen molar-refractivity contribution in [1.82, 2.24) is 0 Å². The number of halogens is 2. The van der Waals surface area contributed by atoms with Crippen molar-refractivity contribution in [3.8, 4) is 0 Å². The van der Waals surface area contributed by atoms with Crippen LogP contribution in [0.25, 0.3) is 0 Å². The summed E-state index contributed by atoms with van der Waals surface area (Å²) in [4.78, 5) is 11.6. The fraction of sp³-hybridized carbons (Fsp3) is 0.211. The molecule has 0 saturated carbocycles. The number of hydrogen-bond acceptors (Lipinski definition) is 3. The molecule has 2 aromatic carbocycles. The maximum Gasteiger partial charge on any atom is 0.0719 e. The van der Waals surface area contributed by atoms with Crippen LogP contribution in [-0.2, 0) is 0 Å². The number of carbonyl (C=O) groups excluding carboxylic acids is 1. The maximum atomic E-state index is 11.6. The van der Waals surface area contributed by atoms with E-state index in [2.05, 4.69) is 45.5 Å². The van der Waals surface area contributed by atoms with E-state index in [1.54, 1.807) is 12.1 Å². The zero-order valence-corrected chi connectivity index (χ0v) is 15.0. The monoisotopic (exact) mass is 402 g/mol. The quantitative estimate of drug-likeness (QED) is 0.761. The minimum Gasteiger partial charge on any atom is -0.545 e. The number of carboxylic acids is 1. The third-order valence-electron chi connectivity index (χ3n) is 4.90. The summed E-state index contributed by atoms with van der Waals surface area (Å²) in [6.07, 6.45) is 5.11. The average Bonchev–Trinajstić information content (AvgIpc) is 3.04. The Kier molecular flexibility index (Phi) is 3.89. The molecule has 122 valence electrons. The van der Waals surface area contributed by atoms with Gasteiger partial charge in [0.25, 0.3) is 0 Å². The largest absolute Gasteiger partial charge is 0.545 e. The van der Waals surface area contributed by atoms with Gasteiger partial charge in [0.15, 0.2) is 0 Å². The van der Waals surface area contributed by atoms with E-state index in [-0.39, 0.29) is 23.4 Å². The molecule has 3 atom stereocenters. The van der Waals surface area contributed by atoms with Gasteiger partial charge in [0.2, 0.25) is 0 Å². The molecule has 1 heterocycles. The SMILES string of the molecule is O=C([O-])c1ccc(Cl)c2c1[C@@H]1C=CC[C@@H]1[C@@H](c1cccc(Br)c1)N2. The van der Waals surface area contributed by atoms with Gasteiger partial charge in [0.05, 0.1) is 22.7 Å². The summed E-state index contributed by atoms with van der Waals surface area (Å²) >= 11 is 9.91. The van der Waals surface area contributed by atoms with Crippen LogP contribution >= 0.6 is 27.5 Å². The molecule has 0 aromatic heterocycles. The molecule has 0 saturated heterocycles. The number of nitrogens with one attached hydrogen (secondary N) is 1. The molecule has 24 heavy (non-hydrogen) atoms. The Bertz CT molecular complexity index is 864. The van der Waals surface area contributed by atoms with E-state index in [1.807, 2.05) is 12.1 Å². The minimum absolute atomic E-state index is 0.0248. The van der Waals surface area contributed by atoms with Crippen LogP contribution in [-0.4, -0.2) is 5.97 Å². The molecule has 4 rings (SSSR count). The van der Waals surface area contributed by atoms with Crippen LogP contribution in [0.5, 0.6) is 0 Å². The molecular weight excluding hydrogens is 390 g/mol. The van der Waals surface area contributed by atoms with Gasteiger partial charge in [-0.1, -0.05) is 57.9 Å². The number of allylic oxidation sites excluding steroid dienone is 2. The molecule has 3 nitrogen and oxygen atoms in total. The van der Waals surface area contributed by atoms with Crippen molar-refractivity contribution < 1.29 is 9.90 Å². The van der Waals surface area contributed by atoms with Gasteiger partial charge in [-0.3, -0.25) is 0 Å². The molecule has 5 heteroatoms. The normalized spacial score (nSPS) is 24.2. The third kappa shape index (κ3) is 2.45. The van der Waals surface area contributed by atoms with E-state index < -0.39 is 5.97 Å². The molecule has 0 bridgehead atoms. The summed E-state index contributed by atoms with van der Waals surface area (Å²) in [5.41, 5.74) is 2.82. The lowest BCUT2D eigenvalue weighted by molar-refractivity contribution is -0.255. The van der Waals surface area contributed by atoms with E-state index in [0.29, 0.717) is 10.7 Å². The van der Waals surface area contributed by atoms with E-state index in [0.717, 1.165) is 22.0 Å². The van der Waals surface area contributed by atoms with Crippen LogP contribution in [0.2, 0.25) is 5.02 Å². The number of carboxylic acid groups (broad SMARTS) is 1. The topological polar surface area (TPSA) is 52.2 Å². The van der Waals surface area contributed by atoms with Gasteiger partial charge in [-0.15, -0.1) is 0 Å². The van der Waals surface area contributed by atoms with Gasteiger partial charge in [0.1, 0.15) is 0 Å². The number of aromatic carboxylic acids is 1. The van der Waals surface area contributed by atoms with Crippen molar-refractivity contribution in [1.29, 1.82) is 0 Å². The summed E-state index contributed by atoms with van der Waals surface area (Å²) in [6.45, 7) is 0. The molecular formula is C19H14BrClNO2-. The third-order valence-corrected chi connectivity index (χ3v) is 5.70. The Morgan fingerprint density at radius 3 is 2.88 bits per heavy atom. The minimum atomic E-state index is -1.16. The van der Waals surface area contributed by atoms with Crippen molar-refractivity contribution in [3.05, 3.63) is 74.7 Å². The lowest BCUT2D eigenvalue weighted by atomic mass is 9.75. The van der Waals surface area contributed by atoms with Crippen LogP contribution < -0.4 is 10.4 Å². The van der Waals surface area contributed by atoms with E-state index in [9.17, 15) is 9.90 Å². The van der Waals surface area contributed by atoms with E-state index in [1.165, 1.54) is 0 Å². The zero-order chi connectivity index (χ0) is 16.8. The zero-order valence-electron chi connectivity index (χ0n) is 12.6. The van der Waals surface area contributed by atoms with Crippen LogP contribution in [0, 0.1) is 5.92 Å². The van der Waals surface area contributed by atoms with Crippen molar-refractivity contribution in [3.63, 3.8) is 0 Å². The van der Waals surface area contributed by atoms with Gasteiger partial charge in [-0.2, -0.15) is 0 Å². The van der Waals surface area contributed by atoms with Crippen LogP contribution in [0.4, 0.5) is 5.69 Å². The Hall–Kier alpha value is -1.78. The Morgan fingerprint density at radius 2 is 2.12 bits per heavy atom. The molecule has 0 fully saturated rings. The summed E-state index contributed by atoms with van der Waals surface area (Å²) in [6, 6.07) is 11.4. The molecule has 0 amide bonds. The second-order valence-corrected chi connectivity index (χ2v) is 7.52. The molecule has 1 N–H and O–H groups in total. The number of fused-ring (bicyclic) bond motifs is 3. The second-order valence-electron chi connectivity index (χ2n) is 6.20. The highest BCUT2D eigenvalue weighted by Gasteiger charge is 2.40. The Labute approximate surface area is 153 Å². The molecule has 2 aromatic rings. The Balaban J connectivity index is 1.88. The predicted octanol–water partition coefficient (Wildman–Crippen LogP) is 4.29. The van der Waals surface area contributed by atoms with Crippen molar-refractivity contribution in [2.45, 2.75) is 18.4 Å². The first-order valence-electron chi connectivity index (χ1n) is 7.78. The van der Waals surface area contributed by atoms with Crippen LogP contribution in [0.15, 0.2) is 53.0 Å². The average molecular weight is 404 g/mol. The predicted molar refractivity (Wildman–Crippen MR) is 96.3 cm³/mol. The summed E-state index contributed by atoms with van der Waals surface area (Å²) in [5.74, 6) is -0.884. The number of rotatable bonds is 2. The summed E-state index contributed by atoms with van der Waals surface area (Å²) in [7, 11) is 0. The van der Waals surface area contributed by atoms with Gasteiger partial charge in [-0.25, -0.2) is 0 Å². The van der Waals surface area contributed by atoms with Crippen molar-refractivity contribution in [2.75, 3.05) is 5.32 Å². The highest BCUT2D eigenvalue weighted by Crippen LogP contribution is 2.52. The lowest BCUT2D eigenvalue weighted by Crippen LogP contribution is -2.33. The molecule has 1 aliphatic heterocycles. The standard InChI is InChI=1S/C19H15BrClNO2/c20-11-4-1-3-10(9-11)17-13-6-2-5-12(13)16-14(19(23)24)7-8-15(21)18(16)22-17/h1-5,7-9,12-13,17,22H,6H2,(H,23,24)/p-1/t12-,13+,17-/m1/s1. The summed E-state index contributed by atoms with van der Waals surface area (Å²) < 4.78 is 1.02. The first-order valence-corrected chi connectivity index (χ1v) is 8.96. The van der Waals surface area contributed by atoms with Crippen LogP contribution in [0.1, 0.15) is 39.9 Å². The maximum absolute atomic E-state index is 11.6. The summed E-state index contributed by atoms with van der Waals surface area (Å²) in [5, 5.41) is 15.6. The second kappa shape index (κ2) is 5.94. The first-order chi connectivity index (χ1) is 11.6. The fourth-order valence-corrected chi connectivity index (χ4v) is 4.52. The molecule has 1 aliphatic carbocycles. The number of hydrogen-bond donors (Lipinski definition) is 1. The lowest BCUT2D eigenvalue weighted by Gasteiger charge is -2.39. The van der Waals surface area contributed by atoms with Gasteiger partial charge in [0, 0.05) is 16.0 Å². The van der Waals surface area contributed by atoms with Gasteiger partial charge >= 0.3 is 0 Å². The van der Waals surface area contributed by atoms with Crippen LogP contribution in [0.3, 0.4) is 0 Å². The number of anilines is 1. The fourth-order valence-electron chi connectivity index (χ4n) is 3.88. The molecule has 0 radical (unpaired) electrons. The Morgan fingerprint density at radius 1 is 1.29 bits per heavy atom. The number of benzene rings is 2. The molecule has 2 aliphatic rings. The van der Waals surface area contributed by atoms with Crippen molar-refractivity contribution >= 4 is 39.2 Å². The van der Waals surface area contributed by atoms with E-state index in [4.69, 9.17) is 11.6 Å². The highest BCUT2D eigenvalue weighted by molar-refractivity contribution is 9.10. The molecule has 0 unspecified atom stereocenters. The number of carbonyl (C=O) groups is 1. The first kappa shape index (κ1) is 15.7.